The van der Waals surface area contributed by atoms with Gasteiger partial charge in [0, 0.05) is 17.6 Å². The number of rotatable bonds is 6. The number of halogens is 1. The minimum atomic E-state index is -0.361. The fourth-order valence-corrected chi connectivity index (χ4v) is 3.32. The normalized spacial score (nSPS) is 12.3. The summed E-state index contributed by atoms with van der Waals surface area (Å²) in [5.74, 6) is -0.731. The Hall–Kier alpha value is -2.95. The van der Waals surface area contributed by atoms with Crippen LogP contribution < -0.4 is 10.9 Å². The summed E-state index contributed by atoms with van der Waals surface area (Å²) in [6, 6.07) is 15.5. The number of amides is 1. The molecule has 1 amide bonds. The second-order valence-electron chi connectivity index (χ2n) is 7.03. The van der Waals surface area contributed by atoms with Gasteiger partial charge in [-0.2, -0.15) is 0 Å². The summed E-state index contributed by atoms with van der Waals surface area (Å²) < 4.78 is 13.2. The van der Waals surface area contributed by atoms with Gasteiger partial charge in [-0.25, -0.2) is 4.39 Å². The smallest absolute Gasteiger partial charge is 0.251 e. The van der Waals surface area contributed by atoms with Gasteiger partial charge in [0.1, 0.15) is 5.82 Å². The Kier molecular flexibility index (Phi) is 5.69. The van der Waals surface area contributed by atoms with Crippen molar-refractivity contribution in [2.24, 2.45) is 5.92 Å². The molecule has 0 saturated carbocycles. The molecule has 0 bridgehead atoms. The first-order valence-electron chi connectivity index (χ1n) is 9.10. The van der Waals surface area contributed by atoms with Crippen molar-refractivity contribution in [3.8, 4) is 0 Å². The molecule has 1 heterocycles. The standard InChI is InChI=1S/C22H23FN2O2/c1-14(2)20(15-7-9-18(23)10-8-15)22(27)24-12-11-17-13-16-5-3-4-6-19(16)25-21(17)26/h3-10,13-14,20H,11-12H2,1-2H3,(H,24,27)(H,25,26). The zero-order valence-corrected chi connectivity index (χ0v) is 15.5. The Bertz CT molecular complexity index is 993. The van der Waals surface area contributed by atoms with Crippen LogP contribution in [0.2, 0.25) is 0 Å². The van der Waals surface area contributed by atoms with E-state index in [1.807, 2.05) is 44.2 Å². The number of aromatic amines is 1. The van der Waals surface area contributed by atoms with Crippen molar-refractivity contribution < 1.29 is 9.18 Å². The lowest BCUT2D eigenvalue weighted by atomic mass is 9.87. The molecule has 3 rings (SSSR count). The first-order chi connectivity index (χ1) is 13.0. The van der Waals surface area contributed by atoms with E-state index >= 15 is 0 Å². The number of benzene rings is 2. The summed E-state index contributed by atoms with van der Waals surface area (Å²) in [5.41, 5.74) is 2.08. The molecule has 27 heavy (non-hydrogen) atoms. The number of H-pyrrole nitrogens is 1. The third kappa shape index (κ3) is 4.42. The molecule has 0 aliphatic carbocycles. The molecule has 0 saturated heterocycles. The second-order valence-corrected chi connectivity index (χ2v) is 7.03. The van der Waals surface area contributed by atoms with E-state index in [-0.39, 0.29) is 29.1 Å². The second kappa shape index (κ2) is 8.16. The SMILES string of the molecule is CC(C)C(C(=O)NCCc1cc2ccccc2[nH]c1=O)c1ccc(F)cc1. The molecule has 0 aliphatic rings. The van der Waals surface area contributed by atoms with Gasteiger partial charge < -0.3 is 10.3 Å². The van der Waals surface area contributed by atoms with Crippen molar-refractivity contribution >= 4 is 16.8 Å². The summed E-state index contributed by atoms with van der Waals surface area (Å²) in [6.45, 7) is 4.29. The maximum atomic E-state index is 13.2. The Morgan fingerprint density at radius 3 is 2.52 bits per heavy atom. The van der Waals surface area contributed by atoms with Gasteiger partial charge >= 0.3 is 0 Å². The first kappa shape index (κ1) is 18.8. The van der Waals surface area contributed by atoms with E-state index in [1.54, 1.807) is 12.1 Å². The lowest BCUT2D eigenvalue weighted by Gasteiger charge is -2.20. The van der Waals surface area contributed by atoms with E-state index in [2.05, 4.69) is 10.3 Å². The molecule has 2 aromatic carbocycles. The van der Waals surface area contributed by atoms with Gasteiger partial charge in [-0.3, -0.25) is 9.59 Å². The Labute approximate surface area is 157 Å². The Morgan fingerprint density at radius 1 is 1.11 bits per heavy atom. The van der Waals surface area contributed by atoms with Crippen molar-refractivity contribution in [3.63, 3.8) is 0 Å². The van der Waals surface area contributed by atoms with Gasteiger partial charge in [0.25, 0.3) is 5.56 Å². The summed E-state index contributed by atoms with van der Waals surface area (Å²) in [5, 5.41) is 3.88. The first-order valence-corrected chi connectivity index (χ1v) is 9.10. The minimum absolute atomic E-state index is 0.0690. The van der Waals surface area contributed by atoms with Crippen LogP contribution in [0.15, 0.2) is 59.4 Å². The van der Waals surface area contributed by atoms with E-state index in [1.165, 1.54) is 12.1 Å². The highest BCUT2D eigenvalue weighted by atomic mass is 19.1. The van der Waals surface area contributed by atoms with Gasteiger partial charge in [0.15, 0.2) is 0 Å². The van der Waals surface area contributed by atoms with E-state index in [9.17, 15) is 14.0 Å². The summed E-state index contributed by atoms with van der Waals surface area (Å²) in [7, 11) is 0. The summed E-state index contributed by atoms with van der Waals surface area (Å²) >= 11 is 0. The van der Waals surface area contributed by atoms with Crippen LogP contribution >= 0.6 is 0 Å². The molecule has 3 aromatic rings. The van der Waals surface area contributed by atoms with Crippen LogP contribution in [0.5, 0.6) is 0 Å². The number of hydrogen-bond acceptors (Lipinski definition) is 2. The highest BCUT2D eigenvalue weighted by Crippen LogP contribution is 2.25. The quantitative estimate of drug-likeness (QED) is 0.698. The van der Waals surface area contributed by atoms with Crippen LogP contribution in [-0.2, 0) is 11.2 Å². The fraction of sp³-hybridized carbons (Fsp3) is 0.273. The van der Waals surface area contributed by atoms with Gasteiger partial charge in [0.05, 0.1) is 5.92 Å². The van der Waals surface area contributed by atoms with Crippen molar-refractivity contribution in [1.29, 1.82) is 0 Å². The molecule has 1 aromatic heterocycles. The van der Waals surface area contributed by atoms with Crippen molar-refractivity contribution in [3.05, 3.63) is 81.9 Å². The number of fused-ring (bicyclic) bond motifs is 1. The van der Waals surface area contributed by atoms with Crippen LogP contribution in [0.3, 0.4) is 0 Å². The third-order valence-electron chi connectivity index (χ3n) is 4.70. The average molecular weight is 366 g/mol. The van der Waals surface area contributed by atoms with Crippen LogP contribution in [0.4, 0.5) is 4.39 Å². The number of pyridine rings is 1. The zero-order valence-electron chi connectivity index (χ0n) is 15.5. The molecule has 0 fully saturated rings. The molecule has 1 atom stereocenters. The van der Waals surface area contributed by atoms with Crippen LogP contribution in [0.25, 0.3) is 10.9 Å². The Balaban J connectivity index is 1.68. The third-order valence-corrected chi connectivity index (χ3v) is 4.70. The molecule has 5 heteroatoms. The topological polar surface area (TPSA) is 62.0 Å². The molecule has 0 aliphatic heterocycles. The van der Waals surface area contributed by atoms with Crippen molar-refractivity contribution in [2.45, 2.75) is 26.2 Å². The maximum Gasteiger partial charge on any atom is 0.251 e. The summed E-state index contributed by atoms with van der Waals surface area (Å²) in [6.07, 6.45) is 0.445. The number of para-hydroxylation sites is 1. The van der Waals surface area contributed by atoms with Crippen LogP contribution in [0, 0.1) is 11.7 Å². The van der Waals surface area contributed by atoms with Gasteiger partial charge in [-0.05, 0) is 47.6 Å². The zero-order chi connectivity index (χ0) is 19.4. The molecule has 1 unspecified atom stereocenters. The lowest BCUT2D eigenvalue weighted by Crippen LogP contribution is -2.34. The van der Waals surface area contributed by atoms with Crippen molar-refractivity contribution in [2.75, 3.05) is 6.54 Å². The van der Waals surface area contributed by atoms with Gasteiger partial charge in [-0.1, -0.05) is 44.2 Å². The van der Waals surface area contributed by atoms with E-state index in [0.29, 0.717) is 18.5 Å². The highest BCUT2D eigenvalue weighted by Gasteiger charge is 2.23. The highest BCUT2D eigenvalue weighted by molar-refractivity contribution is 5.84. The molecule has 140 valence electrons. The van der Waals surface area contributed by atoms with E-state index in [0.717, 1.165) is 16.5 Å². The fourth-order valence-electron chi connectivity index (χ4n) is 3.32. The molecule has 4 nitrogen and oxygen atoms in total. The maximum absolute atomic E-state index is 13.2. The summed E-state index contributed by atoms with van der Waals surface area (Å²) in [4.78, 5) is 27.7. The van der Waals surface area contributed by atoms with Gasteiger partial charge in [0.2, 0.25) is 5.91 Å². The number of hydrogen-bond donors (Lipinski definition) is 2. The van der Waals surface area contributed by atoms with Gasteiger partial charge in [-0.15, -0.1) is 0 Å². The van der Waals surface area contributed by atoms with Crippen LogP contribution in [-0.4, -0.2) is 17.4 Å². The average Bonchev–Trinajstić information content (AvgIpc) is 2.63. The molecular weight excluding hydrogens is 343 g/mol. The molecule has 2 N–H and O–H groups in total. The largest absolute Gasteiger partial charge is 0.355 e. The van der Waals surface area contributed by atoms with Crippen molar-refractivity contribution in [1.82, 2.24) is 10.3 Å². The lowest BCUT2D eigenvalue weighted by molar-refractivity contribution is -0.123. The minimum Gasteiger partial charge on any atom is -0.355 e. The van der Waals surface area contributed by atoms with E-state index in [4.69, 9.17) is 0 Å². The monoisotopic (exact) mass is 366 g/mol. The molecular formula is C22H23FN2O2. The number of nitrogens with one attached hydrogen (secondary N) is 2. The number of carbonyl (C=O) groups is 1. The molecule has 0 radical (unpaired) electrons. The number of aromatic nitrogens is 1. The van der Waals surface area contributed by atoms with Crippen LogP contribution in [0.1, 0.15) is 30.9 Å². The predicted octanol–water partition coefficient (Wildman–Crippen LogP) is 3.77. The predicted molar refractivity (Wildman–Crippen MR) is 105 cm³/mol. The van der Waals surface area contributed by atoms with E-state index < -0.39 is 0 Å². The Morgan fingerprint density at radius 2 is 1.81 bits per heavy atom. The number of carbonyl (C=O) groups excluding carboxylic acids is 1. The molecule has 0 spiro atoms.